The summed E-state index contributed by atoms with van der Waals surface area (Å²) in [6.07, 6.45) is 3.08. The molecule has 1 unspecified atom stereocenters. The fourth-order valence-corrected chi connectivity index (χ4v) is 5.01. The molecule has 2 saturated heterocycles. The lowest BCUT2D eigenvalue weighted by Gasteiger charge is -2.35. The predicted octanol–water partition coefficient (Wildman–Crippen LogP) is 4.33. The van der Waals surface area contributed by atoms with Crippen molar-refractivity contribution in [3.8, 4) is 0 Å². The van der Waals surface area contributed by atoms with Crippen molar-refractivity contribution in [2.24, 2.45) is 5.92 Å². The summed E-state index contributed by atoms with van der Waals surface area (Å²) in [5.74, 6) is 0.140. The molecule has 3 aliphatic rings. The lowest BCUT2D eigenvalue weighted by Crippen LogP contribution is -2.41. The van der Waals surface area contributed by atoms with Gasteiger partial charge in [-0.1, -0.05) is 11.6 Å². The average Bonchev–Trinajstić information content (AvgIpc) is 3.37. The lowest BCUT2D eigenvalue weighted by molar-refractivity contribution is -0.136. The number of halogens is 1. The zero-order valence-electron chi connectivity index (χ0n) is 18.1. The van der Waals surface area contributed by atoms with Crippen LogP contribution in [0.3, 0.4) is 0 Å². The Morgan fingerprint density at radius 2 is 2.00 bits per heavy atom. The van der Waals surface area contributed by atoms with Crippen molar-refractivity contribution in [2.45, 2.75) is 64.6 Å². The van der Waals surface area contributed by atoms with Crippen molar-refractivity contribution in [1.29, 1.82) is 0 Å². The second kappa shape index (κ2) is 8.39. The van der Waals surface area contributed by atoms with Crippen molar-refractivity contribution in [1.82, 2.24) is 9.80 Å². The van der Waals surface area contributed by atoms with Crippen LogP contribution in [-0.4, -0.2) is 53.7 Å². The van der Waals surface area contributed by atoms with Crippen LogP contribution in [0, 0.1) is 5.92 Å². The van der Waals surface area contributed by atoms with Gasteiger partial charge in [0.25, 0.3) is 0 Å². The van der Waals surface area contributed by atoms with E-state index in [1.165, 1.54) is 5.56 Å². The smallest absolute Gasteiger partial charge is 0.410 e. The fourth-order valence-electron chi connectivity index (χ4n) is 4.76. The van der Waals surface area contributed by atoms with Gasteiger partial charge in [-0.05, 0) is 75.3 Å². The Morgan fingerprint density at radius 1 is 1.20 bits per heavy atom. The number of hydrogen-bond donors (Lipinski definition) is 0. The summed E-state index contributed by atoms with van der Waals surface area (Å²) in [4.78, 5) is 29.6. The molecule has 0 bridgehead atoms. The second-order valence-electron chi connectivity index (χ2n) is 9.53. The van der Waals surface area contributed by atoms with Gasteiger partial charge in [-0.3, -0.25) is 4.79 Å². The number of rotatable bonds is 2. The maximum Gasteiger partial charge on any atom is 0.410 e. The molecule has 7 heteroatoms. The summed E-state index contributed by atoms with van der Waals surface area (Å²) in [5, 5.41) is 0.684. The standard InChI is InChI=1S/C23H31ClN2O4/c1-23(2,3)30-22(28)26-8-4-5-20(26)18-12-17(24)11-15-6-9-25(13-19(15)18)21(27)16-7-10-29-14-16/h11-12,16,20H,4-10,13-14H2,1-3H3/t16-,20?/m0/s1. The molecule has 2 amide bonds. The minimum absolute atomic E-state index is 0.0351. The van der Waals surface area contributed by atoms with E-state index in [4.69, 9.17) is 21.1 Å². The number of carbonyl (C=O) groups excluding carboxylic acids is 2. The molecule has 0 aromatic heterocycles. The van der Waals surface area contributed by atoms with E-state index in [2.05, 4.69) is 0 Å². The first-order chi connectivity index (χ1) is 14.2. The van der Waals surface area contributed by atoms with Crippen LogP contribution in [-0.2, 0) is 27.2 Å². The summed E-state index contributed by atoms with van der Waals surface area (Å²) >= 11 is 6.46. The Morgan fingerprint density at radius 3 is 2.70 bits per heavy atom. The molecule has 2 atom stereocenters. The number of carbonyl (C=O) groups is 2. The maximum absolute atomic E-state index is 13.0. The molecule has 1 aromatic carbocycles. The highest BCUT2D eigenvalue weighted by molar-refractivity contribution is 6.30. The first kappa shape index (κ1) is 21.4. The third-order valence-electron chi connectivity index (χ3n) is 6.17. The molecule has 3 aliphatic heterocycles. The third kappa shape index (κ3) is 4.45. The van der Waals surface area contributed by atoms with Gasteiger partial charge in [-0.15, -0.1) is 0 Å². The number of amides is 2. The summed E-state index contributed by atoms with van der Waals surface area (Å²) in [5.41, 5.74) is 2.84. The number of likely N-dealkylation sites (tertiary alicyclic amines) is 1. The molecule has 0 spiro atoms. The highest BCUT2D eigenvalue weighted by Crippen LogP contribution is 2.39. The largest absolute Gasteiger partial charge is 0.444 e. The van der Waals surface area contributed by atoms with E-state index < -0.39 is 5.60 Å². The average molecular weight is 435 g/mol. The topological polar surface area (TPSA) is 59.1 Å². The van der Waals surface area contributed by atoms with E-state index in [1.54, 1.807) is 0 Å². The molecule has 164 valence electrons. The molecular weight excluding hydrogens is 404 g/mol. The Labute approximate surface area is 183 Å². The third-order valence-corrected chi connectivity index (χ3v) is 6.39. The Bertz CT molecular complexity index is 829. The SMILES string of the molecule is CC(C)(C)OC(=O)N1CCCC1c1cc(Cl)cc2c1CN(C(=O)[C@H]1CCOC1)CC2. The monoisotopic (exact) mass is 434 g/mol. The molecule has 3 heterocycles. The molecule has 0 saturated carbocycles. The summed E-state index contributed by atoms with van der Waals surface area (Å²) < 4.78 is 11.1. The molecule has 4 rings (SSSR count). The summed E-state index contributed by atoms with van der Waals surface area (Å²) in [7, 11) is 0. The molecule has 1 aromatic rings. The predicted molar refractivity (Wildman–Crippen MR) is 114 cm³/mol. The van der Waals surface area contributed by atoms with Crippen LogP contribution >= 0.6 is 11.6 Å². The van der Waals surface area contributed by atoms with Crippen LogP contribution in [0.4, 0.5) is 4.79 Å². The van der Waals surface area contributed by atoms with Crippen molar-refractivity contribution >= 4 is 23.6 Å². The number of ether oxygens (including phenoxy) is 2. The number of nitrogens with zero attached hydrogens (tertiary/aromatic N) is 2. The van der Waals surface area contributed by atoms with Crippen molar-refractivity contribution < 1.29 is 19.1 Å². The second-order valence-corrected chi connectivity index (χ2v) is 9.97. The first-order valence-corrected chi connectivity index (χ1v) is 11.3. The molecule has 0 N–H and O–H groups in total. The first-order valence-electron chi connectivity index (χ1n) is 10.9. The van der Waals surface area contributed by atoms with E-state index >= 15 is 0 Å². The van der Waals surface area contributed by atoms with E-state index in [0.29, 0.717) is 37.9 Å². The van der Waals surface area contributed by atoms with Crippen molar-refractivity contribution in [3.63, 3.8) is 0 Å². The van der Waals surface area contributed by atoms with Crippen LogP contribution in [0.15, 0.2) is 12.1 Å². The highest BCUT2D eigenvalue weighted by Gasteiger charge is 2.37. The van der Waals surface area contributed by atoms with Crippen LogP contribution < -0.4 is 0 Å². The van der Waals surface area contributed by atoms with Gasteiger partial charge in [0.1, 0.15) is 5.60 Å². The van der Waals surface area contributed by atoms with Crippen LogP contribution in [0.25, 0.3) is 0 Å². The van der Waals surface area contributed by atoms with Crippen molar-refractivity contribution in [2.75, 3.05) is 26.3 Å². The van der Waals surface area contributed by atoms with Gasteiger partial charge in [0.05, 0.1) is 18.6 Å². The Balaban J connectivity index is 1.61. The minimum Gasteiger partial charge on any atom is -0.444 e. The van der Waals surface area contributed by atoms with Crippen LogP contribution in [0.5, 0.6) is 0 Å². The van der Waals surface area contributed by atoms with Gasteiger partial charge >= 0.3 is 6.09 Å². The number of benzene rings is 1. The molecule has 2 fully saturated rings. The molecular formula is C23H31ClN2O4. The molecule has 30 heavy (non-hydrogen) atoms. The van der Waals surface area contributed by atoms with Crippen LogP contribution in [0.2, 0.25) is 5.02 Å². The van der Waals surface area contributed by atoms with E-state index in [1.807, 2.05) is 42.7 Å². The fraction of sp³-hybridized carbons (Fsp3) is 0.652. The molecule has 0 radical (unpaired) electrons. The lowest BCUT2D eigenvalue weighted by atomic mass is 9.89. The van der Waals surface area contributed by atoms with Gasteiger partial charge < -0.3 is 19.3 Å². The van der Waals surface area contributed by atoms with Gasteiger partial charge in [0.2, 0.25) is 5.91 Å². The molecule has 6 nitrogen and oxygen atoms in total. The number of fused-ring (bicyclic) bond motifs is 1. The summed E-state index contributed by atoms with van der Waals surface area (Å²) in [6.45, 7) is 8.76. The van der Waals surface area contributed by atoms with E-state index in [-0.39, 0.29) is 24.0 Å². The van der Waals surface area contributed by atoms with Crippen LogP contribution in [0.1, 0.15) is 62.8 Å². The number of hydrogen-bond acceptors (Lipinski definition) is 4. The Kier molecular flexibility index (Phi) is 5.99. The van der Waals surface area contributed by atoms with Gasteiger partial charge in [-0.25, -0.2) is 4.79 Å². The van der Waals surface area contributed by atoms with Gasteiger partial charge in [0, 0.05) is 31.3 Å². The quantitative estimate of drug-likeness (QED) is 0.695. The minimum atomic E-state index is -0.537. The highest BCUT2D eigenvalue weighted by atomic mass is 35.5. The summed E-state index contributed by atoms with van der Waals surface area (Å²) in [6, 6.07) is 3.91. The van der Waals surface area contributed by atoms with E-state index in [9.17, 15) is 9.59 Å². The molecule has 0 aliphatic carbocycles. The van der Waals surface area contributed by atoms with Gasteiger partial charge in [0.15, 0.2) is 0 Å². The zero-order valence-corrected chi connectivity index (χ0v) is 18.8. The Hall–Kier alpha value is -1.79. The van der Waals surface area contributed by atoms with Gasteiger partial charge in [-0.2, -0.15) is 0 Å². The maximum atomic E-state index is 13.0. The zero-order chi connectivity index (χ0) is 21.5. The van der Waals surface area contributed by atoms with Crippen molar-refractivity contribution in [3.05, 3.63) is 33.8 Å². The normalized spacial score (nSPS) is 24.1. The van der Waals surface area contributed by atoms with E-state index in [0.717, 1.165) is 36.8 Å².